The maximum Gasteiger partial charge on any atom is 0.256 e. The van der Waals surface area contributed by atoms with Gasteiger partial charge in [0.1, 0.15) is 0 Å². The molecule has 2 rings (SSSR count). The van der Waals surface area contributed by atoms with Crippen LogP contribution < -0.4 is 10.5 Å². The Morgan fingerprint density at radius 2 is 1.76 bits per heavy atom. The zero-order chi connectivity index (χ0) is 15.5. The van der Waals surface area contributed by atoms with Crippen molar-refractivity contribution >= 4 is 16.0 Å². The number of anilines is 1. The van der Waals surface area contributed by atoms with Gasteiger partial charge >= 0.3 is 0 Å². The van der Waals surface area contributed by atoms with E-state index < -0.39 is 10.0 Å². The van der Waals surface area contributed by atoms with Gasteiger partial charge in [0.15, 0.2) is 0 Å². The normalized spacial score (nSPS) is 11.4. The van der Waals surface area contributed by atoms with Crippen LogP contribution in [0.25, 0.3) is 0 Å². The first kappa shape index (κ1) is 15.3. The second kappa shape index (κ2) is 6.15. The Morgan fingerprint density at radius 3 is 2.38 bits per heavy atom. The van der Waals surface area contributed by atoms with E-state index in [1.807, 2.05) is 6.07 Å². The van der Waals surface area contributed by atoms with Gasteiger partial charge < -0.3 is 5.73 Å². The molecule has 0 aliphatic rings. The van der Waals surface area contributed by atoms with E-state index in [2.05, 4.69) is 19.9 Å². The summed E-state index contributed by atoms with van der Waals surface area (Å²) in [7, 11) is -3.62. The molecule has 21 heavy (non-hydrogen) atoms. The highest BCUT2D eigenvalue weighted by Crippen LogP contribution is 2.13. The molecule has 7 nitrogen and oxygen atoms in total. The molecule has 0 unspecified atom stereocenters. The summed E-state index contributed by atoms with van der Waals surface area (Å²) < 4.78 is 26.7. The predicted octanol–water partition coefficient (Wildman–Crippen LogP) is 0.889. The second-order valence-electron chi connectivity index (χ2n) is 4.64. The van der Waals surface area contributed by atoms with Crippen molar-refractivity contribution in [2.24, 2.45) is 5.73 Å². The van der Waals surface area contributed by atoms with E-state index in [1.54, 1.807) is 32.0 Å². The third kappa shape index (κ3) is 3.96. The van der Waals surface area contributed by atoms with E-state index >= 15 is 0 Å². The Balaban J connectivity index is 2.20. The highest BCUT2D eigenvalue weighted by molar-refractivity contribution is 7.91. The Kier molecular flexibility index (Phi) is 4.49. The van der Waals surface area contributed by atoms with Gasteiger partial charge in [0.2, 0.25) is 10.0 Å². The number of rotatable bonds is 5. The SMILES string of the molecule is Cc1nnc(NS(=O)(=O)Cc2ccccc2CN)nc1C. The first-order valence-corrected chi connectivity index (χ1v) is 8.02. The van der Waals surface area contributed by atoms with Gasteiger partial charge in [-0.1, -0.05) is 24.3 Å². The van der Waals surface area contributed by atoms with Crippen molar-refractivity contribution < 1.29 is 8.42 Å². The number of benzene rings is 1. The number of nitrogens with two attached hydrogens (primary N) is 1. The standard InChI is InChI=1S/C13H17N5O2S/c1-9-10(2)16-17-13(15-9)18-21(19,20)8-12-6-4-3-5-11(12)7-14/h3-6H,7-8,14H2,1-2H3,(H,15,17,18). The molecule has 0 spiro atoms. The monoisotopic (exact) mass is 307 g/mol. The number of hydrogen-bond acceptors (Lipinski definition) is 6. The largest absolute Gasteiger partial charge is 0.326 e. The minimum Gasteiger partial charge on any atom is -0.326 e. The van der Waals surface area contributed by atoms with Gasteiger partial charge in [-0.25, -0.2) is 18.1 Å². The molecule has 0 amide bonds. The summed E-state index contributed by atoms with van der Waals surface area (Å²) in [5, 5.41) is 7.58. The van der Waals surface area contributed by atoms with E-state index in [1.165, 1.54) is 0 Å². The molecule has 1 heterocycles. The first-order chi connectivity index (χ1) is 9.91. The molecule has 0 saturated heterocycles. The van der Waals surface area contributed by atoms with Gasteiger partial charge in [0, 0.05) is 6.54 Å². The third-order valence-corrected chi connectivity index (χ3v) is 4.21. The van der Waals surface area contributed by atoms with Crippen LogP contribution in [0.1, 0.15) is 22.5 Å². The summed E-state index contributed by atoms with van der Waals surface area (Å²) >= 11 is 0. The highest BCUT2D eigenvalue weighted by atomic mass is 32.2. The van der Waals surface area contributed by atoms with Crippen LogP contribution in [0.3, 0.4) is 0 Å². The molecule has 0 radical (unpaired) electrons. The van der Waals surface area contributed by atoms with E-state index in [0.717, 1.165) is 5.56 Å². The highest BCUT2D eigenvalue weighted by Gasteiger charge is 2.16. The molecule has 0 fully saturated rings. The van der Waals surface area contributed by atoms with Crippen LogP contribution in [0, 0.1) is 13.8 Å². The van der Waals surface area contributed by atoms with Crippen molar-refractivity contribution in [1.82, 2.24) is 15.2 Å². The maximum absolute atomic E-state index is 12.2. The van der Waals surface area contributed by atoms with Crippen molar-refractivity contribution in [3.8, 4) is 0 Å². The van der Waals surface area contributed by atoms with E-state index in [0.29, 0.717) is 17.0 Å². The van der Waals surface area contributed by atoms with Crippen LogP contribution >= 0.6 is 0 Å². The third-order valence-electron chi connectivity index (χ3n) is 3.02. The van der Waals surface area contributed by atoms with Gasteiger partial charge in [0.25, 0.3) is 5.95 Å². The van der Waals surface area contributed by atoms with Crippen molar-refractivity contribution in [2.45, 2.75) is 26.1 Å². The number of nitrogens with one attached hydrogen (secondary N) is 1. The van der Waals surface area contributed by atoms with Gasteiger partial charge in [-0.15, -0.1) is 5.10 Å². The summed E-state index contributed by atoms with van der Waals surface area (Å²) in [5.41, 5.74) is 8.35. The summed E-state index contributed by atoms with van der Waals surface area (Å²) in [6.45, 7) is 3.78. The van der Waals surface area contributed by atoms with Gasteiger partial charge in [0.05, 0.1) is 17.1 Å². The Hall–Kier alpha value is -2.06. The molecule has 1 aromatic heterocycles. The Morgan fingerprint density at radius 1 is 1.10 bits per heavy atom. The number of aromatic nitrogens is 3. The van der Waals surface area contributed by atoms with Crippen LogP contribution in [0.4, 0.5) is 5.95 Å². The molecule has 0 aliphatic heterocycles. The van der Waals surface area contributed by atoms with E-state index in [4.69, 9.17) is 5.73 Å². The second-order valence-corrected chi connectivity index (χ2v) is 6.36. The molecule has 2 aromatic rings. The zero-order valence-electron chi connectivity index (χ0n) is 11.9. The lowest BCUT2D eigenvalue weighted by Gasteiger charge is -2.10. The number of hydrogen-bond donors (Lipinski definition) is 2. The van der Waals surface area contributed by atoms with Crippen molar-refractivity contribution in [3.63, 3.8) is 0 Å². The smallest absolute Gasteiger partial charge is 0.256 e. The molecular weight excluding hydrogens is 290 g/mol. The van der Waals surface area contributed by atoms with E-state index in [9.17, 15) is 8.42 Å². The van der Waals surface area contributed by atoms with Crippen LogP contribution in [0.2, 0.25) is 0 Å². The fraction of sp³-hybridized carbons (Fsp3) is 0.308. The van der Waals surface area contributed by atoms with Crippen LogP contribution in [0.15, 0.2) is 24.3 Å². The summed E-state index contributed by atoms with van der Waals surface area (Å²) in [5.74, 6) is -0.209. The van der Waals surface area contributed by atoms with E-state index in [-0.39, 0.29) is 18.2 Å². The molecule has 8 heteroatoms. The van der Waals surface area contributed by atoms with Crippen LogP contribution in [0.5, 0.6) is 0 Å². The summed E-state index contributed by atoms with van der Waals surface area (Å²) in [4.78, 5) is 4.05. The molecule has 112 valence electrons. The average molecular weight is 307 g/mol. The minimum absolute atomic E-state index is 0.0247. The molecule has 0 atom stereocenters. The lowest BCUT2D eigenvalue weighted by atomic mass is 10.1. The molecular formula is C13H17N5O2S. The summed E-state index contributed by atoms with van der Waals surface area (Å²) in [6.07, 6.45) is 0. The fourth-order valence-electron chi connectivity index (χ4n) is 1.78. The number of aryl methyl sites for hydroxylation is 2. The Bertz CT molecular complexity index is 746. The average Bonchev–Trinajstić information content (AvgIpc) is 2.43. The summed E-state index contributed by atoms with van der Waals surface area (Å²) in [6, 6.07) is 7.14. The van der Waals surface area contributed by atoms with Crippen LogP contribution in [-0.2, 0) is 22.3 Å². The molecule has 0 saturated carbocycles. The fourth-order valence-corrected chi connectivity index (χ4v) is 2.91. The number of sulfonamides is 1. The maximum atomic E-state index is 12.2. The first-order valence-electron chi connectivity index (χ1n) is 6.36. The molecule has 0 aliphatic carbocycles. The molecule has 3 N–H and O–H groups in total. The molecule has 1 aromatic carbocycles. The van der Waals surface area contributed by atoms with Gasteiger partial charge in [-0.2, -0.15) is 5.10 Å². The zero-order valence-corrected chi connectivity index (χ0v) is 12.7. The quantitative estimate of drug-likeness (QED) is 0.848. The van der Waals surface area contributed by atoms with Crippen molar-refractivity contribution in [2.75, 3.05) is 4.72 Å². The lowest BCUT2D eigenvalue weighted by Crippen LogP contribution is -2.19. The number of nitrogens with zero attached hydrogens (tertiary/aromatic N) is 3. The minimum atomic E-state index is -3.62. The Labute approximate surface area is 123 Å². The predicted molar refractivity (Wildman–Crippen MR) is 79.9 cm³/mol. The lowest BCUT2D eigenvalue weighted by molar-refractivity contribution is 0.599. The molecule has 0 bridgehead atoms. The van der Waals surface area contributed by atoms with Gasteiger partial charge in [-0.05, 0) is 25.0 Å². The van der Waals surface area contributed by atoms with Crippen LogP contribution in [-0.4, -0.2) is 23.6 Å². The van der Waals surface area contributed by atoms with Crippen molar-refractivity contribution in [3.05, 3.63) is 46.8 Å². The van der Waals surface area contributed by atoms with Gasteiger partial charge in [-0.3, -0.25) is 0 Å². The van der Waals surface area contributed by atoms with Crippen molar-refractivity contribution in [1.29, 1.82) is 0 Å². The topological polar surface area (TPSA) is 111 Å².